The number of carbonyl (C=O) groups is 1. The van der Waals surface area contributed by atoms with E-state index in [1.165, 1.54) is 23.5 Å². The third kappa shape index (κ3) is 5.19. The fourth-order valence-corrected chi connectivity index (χ4v) is 5.55. The van der Waals surface area contributed by atoms with Crippen LogP contribution in [0.2, 0.25) is 5.02 Å². The smallest absolute Gasteiger partial charge is 0.417 e. The molecule has 0 aliphatic carbocycles. The first-order valence-corrected chi connectivity index (χ1v) is 11.6. The van der Waals surface area contributed by atoms with E-state index >= 15 is 0 Å². The normalized spacial score (nSPS) is 17.8. The van der Waals surface area contributed by atoms with Crippen LogP contribution in [0.4, 0.5) is 18.9 Å². The highest BCUT2D eigenvalue weighted by Gasteiger charge is 2.36. The Balaban J connectivity index is 1.79. The molecule has 0 saturated carbocycles. The van der Waals surface area contributed by atoms with Gasteiger partial charge in [-0.2, -0.15) is 17.5 Å². The van der Waals surface area contributed by atoms with E-state index in [1.54, 1.807) is 19.1 Å². The van der Waals surface area contributed by atoms with Gasteiger partial charge in [0.05, 0.1) is 23.6 Å². The number of benzene rings is 2. The number of halogens is 4. The van der Waals surface area contributed by atoms with Crippen molar-refractivity contribution in [3.63, 3.8) is 0 Å². The van der Waals surface area contributed by atoms with Crippen LogP contribution in [0.25, 0.3) is 0 Å². The lowest BCUT2D eigenvalue weighted by molar-refractivity contribution is -0.137. The molecule has 0 unspecified atom stereocenters. The minimum atomic E-state index is -4.67. The maximum absolute atomic E-state index is 13.2. The van der Waals surface area contributed by atoms with Crippen LogP contribution >= 0.6 is 11.6 Å². The number of anilines is 1. The van der Waals surface area contributed by atoms with E-state index in [2.05, 4.69) is 5.32 Å². The van der Waals surface area contributed by atoms with Gasteiger partial charge in [0, 0.05) is 18.8 Å². The lowest BCUT2D eigenvalue weighted by Crippen LogP contribution is -2.43. The molecule has 1 aliphatic heterocycles. The Morgan fingerprint density at radius 2 is 1.94 bits per heavy atom. The monoisotopic (exact) mass is 490 g/mol. The van der Waals surface area contributed by atoms with E-state index in [4.69, 9.17) is 16.3 Å². The maximum atomic E-state index is 13.2. The summed E-state index contributed by atoms with van der Waals surface area (Å²) in [6, 6.07) is 7.88. The van der Waals surface area contributed by atoms with Gasteiger partial charge >= 0.3 is 6.18 Å². The number of methoxy groups -OCH3 is 1. The fraction of sp³-hybridized carbons (Fsp3) is 0.381. The van der Waals surface area contributed by atoms with Crippen LogP contribution < -0.4 is 10.1 Å². The Hall–Kier alpha value is -2.30. The molecular formula is C21H22ClF3N2O4S. The van der Waals surface area contributed by atoms with Crippen molar-refractivity contribution in [2.75, 3.05) is 25.5 Å². The van der Waals surface area contributed by atoms with Gasteiger partial charge in [-0.05, 0) is 55.7 Å². The lowest BCUT2D eigenvalue weighted by Gasteiger charge is -2.31. The maximum Gasteiger partial charge on any atom is 0.417 e. The molecule has 1 saturated heterocycles. The predicted molar refractivity (Wildman–Crippen MR) is 114 cm³/mol. The average molecular weight is 491 g/mol. The summed E-state index contributed by atoms with van der Waals surface area (Å²) in [5, 5.41) is 1.98. The first-order valence-electron chi connectivity index (χ1n) is 9.76. The molecule has 6 nitrogen and oxygen atoms in total. The van der Waals surface area contributed by atoms with Crippen LogP contribution in [0.3, 0.4) is 0 Å². The number of sulfonamides is 1. The number of hydrogen-bond acceptors (Lipinski definition) is 4. The summed E-state index contributed by atoms with van der Waals surface area (Å²) in [4.78, 5) is 12.7. The zero-order chi connectivity index (χ0) is 23.7. The number of rotatable bonds is 5. The van der Waals surface area contributed by atoms with E-state index in [9.17, 15) is 26.4 Å². The Morgan fingerprint density at radius 1 is 1.22 bits per heavy atom. The number of carbonyl (C=O) groups excluding carboxylic acids is 1. The number of nitrogens with one attached hydrogen (secondary N) is 1. The van der Waals surface area contributed by atoms with Gasteiger partial charge in [0.25, 0.3) is 0 Å². The molecule has 1 amide bonds. The zero-order valence-corrected chi connectivity index (χ0v) is 18.9. The van der Waals surface area contributed by atoms with Gasteiger partial charge in [-0.3, -0.25) is 4.79 Å². The van der Waals surface area contributed by atoms with Gasteiger partial charge in [0.2, 0.25) is 15.9 Å². The van der Waals surface area contributed by atoms with Crippen molar-refractivity contribution in [1.29, 1.82) is 0 Å². The van der Waals surface area contributed by atoms with Gasteiger partial charge in [-0.15, -0.1) is 0 Å². The van der Waals surface area contributed by atoms with Crippen LogP contribution in [-0.4, -0.2) is 38.8 Å². The van der Waals surface area contributed by atoms with Crippen LogP contribution in [0, 0.1) is 12.8 Å². The minimum absolute atomic E-state index is 0.00794. The van der Waals surface area contributed by atoms with E-state index in [1.807, 2.05) is 0 Å². The highest BCUT2D eigenvalue weighted by atomic mass is 35.5. The molecule has 174 valence electrons. The second kappa shape index (κ2) is 9.29. The Kier molecular flexibility index (Phi) is 7.06. The molecule has 1 heterocycles. The molecule has 0 spiro atoms. The molecule has 3 rings (SSSR count). The van der Waals surface area contributed by atoms with E-state index in [-0.39, 0.29) is 29.4 Å². The average Bonchev–Trinajstić information content (AvgIpc) is 2.74. The van der Waals surface area contributed by atoms with Gasteiger partial charge in [-0.1, -0.05) is 17.7 Å². The van der Waals surface area contributed by atoms with Gasteiger partial charge in [0.1, 0.15) is 10.6 Å². The van der Waals surface area contributed by atoms with Gasteiger partial charge < -0.3 is 10.1 Å². The number of amides is 1. The molecular weight excluding hydrogens is 469 g/mol. The van der Waals surface area contributed by atoms with Crippen molar-refractivity contribution < 1.29 is 31.1 Å². The molecule has 2 aromatic carbocycles. The summed E-state index contributed by atoms with van der Waals surface area (Å²) in [5.41, 5.74) is -0.387. The number of ether oxygens (including phenoxy) is 1. The Morgan fingerprint density at radius 3 is 2.59 bits per heavy atom. The quantitative estimate of drug-likeness (QED) is 0.658. The van der Waals surface area contributed by atoms with Gasteiger partial charge in [0.15, 0.2) is 0 Å². The van der Waals surface area contributed by atoms with Crippen LogP contribution in [0.15, 0.2) is 41.3 Å². The van der Waals surface area contributed by atoms with Crippen molar-refractivity contribution in [2.45, 2.75) is 30.8 Å². The van der Waals surface area contributed by atoms with Crippen molar-refractivity contribution in [1.82, 2.24) is 4.31 Å². The van der Waals surface area contributed by atoms with E-state index in [0.717, 1.165) is 17.7 Å². The van der Waals surface area contributed by atoms with Crippen LogP contribution in [0.1, 0.15) is 24.0 Å². The standard InChI is InChI=1S/C21H22ClF3N2O4S/c1-13-5-8-18(31-2)19(10-13)32(29,30)27-9-3-4-14(12-27)20(28)26-15-6-7-17(22)16(11-15)21(23,24)25/h5-8,10-11,14H,3-4,9,12H2,1-2H3,(H,26,28)/t14-/m0/s1. The molecule has 1 N–H and O–H groups in total. The highest BCUT2D eigenvalue weighted by molar-refractivity contribution is 7.89. The summed E-state index contributed by atoms with van der Waals surface area (Å²) >= 11 is 5.61. The fourth-order valence-electron chi connectivity index (χ4n) is 3.56. The van der Waals surface area contributed by atoms with Crippen molar-refractivity contribution in [3.8, 4) is 5.75 Å². The predicted octanol–water partition coefficient (Wildman–Crippen LogP) is 4.72. The minimum Gasteiger partial charge on any atom is -0.495 e. The third-order valence-corrected chi connectivity index (χ3v) is 7.45. The topological polar surface area (TPSA) is 75.7 Å². The first kappa shape index (κ1) is 24.3. The molecule has 1 fully saturated rings. The van der Waals surface area contributed by atoms with Crippen LogP contribution in [-0.2, 0) is 21.0 Å². The molecule has 1 aliphatic rings. The highest BCUT2D eigenvalue weighted by Crippen LogP contribution is 2.36. The lowest BCUT2D eigenvalue weighted by atomic mass is 9.98. The number of alkyl halides is 3. The molecule has 0 bridgehead atoms. The Labute approximate surface area is 189 Å². The number of nitrogens with zero attached hydrogens (tertiary/aromatic N) is 1. The van der Waals surface area contributed by atoms with Crippen molar-refractivity contribution >= 4 is 33.2 Å². The van der Waals surface area contributed by atoms with E-state index < -0.39 is 38.6 Å². The number of aryl methyl sites for hydroxylation is 1. The van der Waals surface area contributed by atoms with Crippen molar-refractivity contribution in [2.24, 2.45) is 5.92 Å². The van der Waals surface area contributed by atoms with Crippen molar-refractivity contribution in [3.05, 3.63) is 52.5 Å². The molecule has 0 radical (unpaired) electrons. The third-order valence-electron chi connectivity index (χ3n) is 5.23. The summed E-state index contributed by atoms with van der Waals surface area (Å²) in [7, 11) is -2.56. The second-order valence-electron chi connectivity index (χ2n) is 7.54. The zero-order valence-electron chi connectivity index (χ0n) is 17.4. The number of hydrogen-bond donors (Lipinski definition) is 1. The summed E-state index contributed by atoms with van der Waals surface area (Å²) in [6.07, 6.45) is -3.83. The Bertz CT molecular complexity index is 1120. The largest absolute Gasteiger partial charge is 0.495 e. The first-order chi connectivity index (χ1) is 14.9. The molecule has 11 heteroatoms. The molecule has 32 heavy (non-hydrogen) atoms. The summed E-state index contributed by atoms with van der Waals surface area (Å²) in [5.74, 6) is -1.08. The molecule has 0 aromatic heterocycles. The molecule has 2 aromatic rings. The second-order valence-corrected chi connectivity index (χ2v) is 9.85. The molecule has 1 atom stereocenters. The number of piperidine rings is 1. The summed E-state index contributed by atoms with van der Waals surface area (Å²) < 4.78 is 72.0. The summed E-state index contributed by atoms with van der Waals surface area (Å²) in [6.45, 7) is 1.89. The van der Waals surface area contributed by atoms with E-state index in [0.29, 0.717) is 12.8 Å². The SMILES string of the molecule is COc1ccc(C)cc1S(=O)(=O)N1CCC[C@H](C(=O)Nc2ccc(Cl)c(C(F)(F)F)c2)C1. The van der Waals surface area contributed by atoms with Crippen LogP contribution in [0.5, 0.6) is 5.75 Å². The van der Waals surface area contributed by atoms with Gasteiger partial charge in [-0.25, -0.2) is 8.42 Å².